The zero-order valence-electron chi connectivity index (χ0n) is 26.9. The van der Waals surface area contributed by atoms with Crippen molar-refractivity contribution in [3.8, 4) is 0 Å². The van der Waals surface area contributed by atoms with E-state index in [4.69, 9.17) is 0 Å². The molecule has 2 aromatic rings. The van der Waals surface area contributed by atoms with Crippen LogP contribution in [-0.4, -0.2) is 55.3 Å². The van der Waals surface area contributed by atoms with Crippen molar-refractivity contribution in [1.29, 1.82) is 0 Å². The summed E-state index contributed by atoms with van der Waals surface area (Å²) in [5.41, 5.74) is 2.85. The number of nitrogens with zero attached hydrogens (tertiary/aromatic N) is 2. The van der Waals surface area contributed by atoms with E-state index < -0.39 is 0 Å². The minimum absolute atomic E-state index is 0.206. The highest BCUT2D eigenvalue weighted by Crippen LogP contribution is 2.35. The van der Waals surface area contributed by atoms with Gasteiger partial charge in [0, 0.05) is 39.6 Å². The number of rotatable bonds is 10. The van der Waals surface area contributed by atoms with E-state index in [0.29, 0.717) is 12.3 Å². The fraction of sp³-hybridized carbons (Fsp3) is 0.500. The van der Waals surface area contributed by atoms with Crippen LogP contribution in [0.15, 0.2) is 85.1 Å². The SMILES string of the molecule is C/C=C/NCC.C/C=C\CCC.CC1(c2ccccc2)CCN(C(=O)CCc2ccccc2)CC1.CCN(C)C=O. The molecule has 0 aromatic heterocycles. The van der Waals surface area contributed by atoms with Crippen LogP contribution in [0, 0.1) is 0 Å². The number of benzene rings is 2. The largest absolute Gasteiger partial charge is 0.391 e. The first-order chi connectivity index (χ1) is 19.8. The number of likely N-dealkylation sites (tertiary alicyclic amines) is 1. The van der Waals surface area contributed by atoms with Crippen molar-refractivity contribution in [3.05, 3.63) is 96.2 Å². The van der Waals surface area contributed by atoms with Gasteiger partial charge in [0.1, 0.15) is 0 Å². The molecular weight excluding hydrogens is 506 g/mol. The highest BCUT2D eigenvalue weighted by atomic mass is 16.2. The number of aryl methyl sites for hydroxylation is 1. The van der Waals surface area contributed by atoms with Crippen molar-refractivity contribution in [1.82, 2.24) is 15.1 Å². The molecule has 41 heavy (non-hydrogen) atoms. The minimum atomic E-state index is 0.206. The van der Waals surface area contributed by atoms with Crippen molar-refractivity contribution < 1.29 is 9.59 Å². The van der Waals surface area contributed by atoms with Crippen LogP contribution in [-0.2, 0) is 21.4 Å². The maximum Gasteiger partial charge on any atom is 0.222 e. The third kappa shape index (κ3) is 17.9. The summed E-state index contributed by atoms with van der Waals surface area (Å²) in [6.07, 6.45) is 15.0. The van der Waals surface area contributed by atoms with E-state index in [1.54, 1.807) is 11.9 Å². The summed E-state index contributed by atoms with van der Waals surface area (Å²) >= 11 is 0. The molecule has 1 fully saturated rings. The van der Waals surface area contributed by atoms with Gasteiger partial charge in [0.25, 0.3) is 0 Å². The summed E-state index contributed by atoms with van der Waals surface area (Å²) in [6.45, 7) is 16.1. The van der Waals surface area contributed by atoms with Crippen LogP contribution in [0.5, 0.6) is 0 Å². The van der Waals surface area contributed by atoms with Crippen LogP contribution < -0.4 is 5.32 Å². The number of hydrogen-bond donors (Lipinski definition) is 1. The summed E-state index contributed by atoms with van der Waals surface area (Å²) in [6, 6.07) is 21.0. The normalized spacial score (nSPS) is 13.6. The van der Waals surface area contributed by atoms with Crippen molar-refractivity contribution in [2.75, 3.05) is 33.2 Å². The van der Waals surface area contributed by atoms with Crippen LogP contribution in [0.2, 0.25) is 0 Å². The molecule has 1 saturated heterocycles. The zero-order valence-corrected chi connectivity index (χ0v) is 26.9. The van der Waals surface area contributed by atoms with Gasteiger partial charge in [-0.3, -0.25) is 9.59 Å². The fourth-order valence-electron chi connectivity index (χ4n) is 4.08. The topological polar surface area (TPSA) is 52.7 Å². The second-order valence-electron chi connectivity index (χ2n) is 10.4. The first-order valence-electron chi connectivity index (χ1n) is 15.3. The van der Waals surface area contributed by atoms with Gasteiger partial charge in [0.05, 0.1) is 0 Å². The fourth-order valence-corrected chi connectivity index (χ4v) is 4.08. The van der Waals surface area contributed by atoms with Crippen LogP contribution in [0.1, 0.15) is 84.8 Å². The van der Waals surface area contributed by atoms with Gasteiger partial charge >= 0.3 is 0 Å². The van der Waals surface area contributed by atoms with Gasteiger partial charge in [0.15, 0.2) is 0 Å². The molecule has 3 rings (SSSR count). The average Bonchev–Trinajstić information content (AvgIpc) is 3.03. The number of allylic oxidation sites excluding steroid dienone is 3. The highest BCUT2D eigenvalue weighted by Gasteiger charge is 2.32. The molecule has 5 heteroatoms. The Kier molecular flexibility index (Phi) is 22.5. The Bertz CT molecular complexity index is 935. The predicted molar refractivity (Wildman–Crippen MR) is 177 cm³/mol. The Morgan fingerprint density at radius 2 is 1.54 bits per heavy atom. The van der Waals surface area contributed by atoms with Crippen molar-refractivity contribution >= 4 is 12.3 Å². The quantitative estimate of drug-likeness (QED) is 0.237. The van der Waals surface area contributed by atoms with Crippen LogP contribution in [0.4, 0.5) is 0 Å². The number of hydrogen-bond acceptors (Lipinski definition) is 3. The number of nitrogens with one attached hydrogen (secondary N) is 1. The summed E-state index contributed by atoms with van der Waals surface area (Å²) < 4.78 is 0. The minimum Gasteiger partial charge on any atom is -0.391 e. The second kappa shape index (κ2) is 24.5. The lowest BCUT2D eigenvalue weighted by atomic mass is 9.74. The molecule has 5 nitrogen and oxygen atoms in total. The van der Waals surface area contributed by atoms with E-state index in [0.717, 1.165) is 51.9 Å². The Labute approximate surface area is 251 Å². The molecule has 0 saturated carbocycles. The van der Waals surface area contributed by atoms with E-state index in [-0.39, 0.29) is 5.41 Å². The van der Waals surface area contributed by atoms with Crippen molar-refractivity contribution in [2.24, 2.45) is 0 Å². The van der Waals surface area contributed by atoms with Gasteiger partial charge in [-0.25, -0.2) is 0 Å². The number of carbonyl (C=O) groups is 2. The van der Waals surface area contributed by atoms with Gasteiger partial charge in [0.2, 0.25) is 12.3 Å². The van der Waals surface area contributed by atoms with E-state index in [2.05, 4.69) is 87.6 Å². The standard InChI is InChI=1S/C21H25NO.C6H12.C5H11N.C4H9NO/c1-21(19-10-6-3-7-11-19)14-16-22(17-15-21)20(23)13-12-18-8-4-2-5-9-18;2*1-3-5-6-4-2;1-3-5(2)4-6/h2-11H,12-17H2,1H3;3,5H,4,6H2,1-2H3;3,5-6H,4H2,1-2H3;4H,3H2,1-2H3/b;5-3-;5-3+;. The van der Waals surface area contributed by atoms with Crippen LogP contribution >= 0.6 is 0 Å². The first-order valence-corrected chi connectivity index (χ1v) is 15.3. The lowest BCUT2D eigenvalue weighted by molar-refractivity contribution is -0.132. The summed E-state index contributed by atoms with van der Waals surface area (Å²) in [7, 11) is 1.74. The van der Waals surface area contributed by atoms with Gasteiger partial charge in [-0.1, -0.05) is 99.2 Å². The third-order valence-electron chi connectivity index (χ3n) is 7.02. The van der Waals surface area contributed by atoms with E-state index in [1.165, 1.54) is 24.0 Å². The number of amides is 2. The molecule has 1 heterocycles. The molecule has 0 atom stereocenters. The van der Waals surface area contributed by atoms with E-state index in [1.807, 2.05) is 49.2 Å². The van der Waals surface area contributed by atoms with Crippen molar-refractivity contribution in [2.45, 2.75) is 85.5 Å². The Morgan fingerprint density at radius 3 is 1.93 bits per heavy atom. The van der Waals surface area contributed by atoms with Gasteiger partial charge < -0.3 is 15.1 Å². The summed E-state index contributed by atoms with van der Waals surface area (Å²) in [5.74, 6) is 0.295. The molecule has 2 amide bonds. The van der Waals surface area contributed by atoms with E-state index >= 15 is 0 Å². The maximum absolute atomic E-state index is 12.4. The first kappa shape index (κ1) is 37.7. The monoisotopic (exact) mass is 563 g/mol. The average molecular weight is 564 g/mol. The predicted octanol–water partition coefficient (Wildman–Crippen LogP) is 7.79. The molecule has 0 radical (unpaired) electrons. The highest BCUT2D eigenvalue weighted by molar-refractivity contribution is 5.76. The summed E-state index contributed by atoms with van der Waals surface area (Å²) in [4.78, 5) is 25.7. The number of unbranched alkanes of at least 4 members (excludes halogenated alkanes) is 1. The molecule has 0 aliphatic carbocycles. The smallest absolute Gasteiger partial charge is 0.222 e. The van der Waals surface area contributed by atoms with E-state index in [9.17, 15) is 9.59 Å². The molecule has 1 aliphatic heterocycles. The second-order valence-corrected chi connectivity index (χ2v) is 10.4. The lowest BCUT2D eigenvalue weighted by Gasteiger charge is -2.40. The number of carbonyl (C=O) groups excluding carboxylic acids is 2. The molecule has 0 bridgehead atoms. The third-order valence-corrected chi connectivity index (χ3v) is 7.02. The zero-order chi connectivity index (χ0) is 30.8. The van der Waals surface area contributed by atoms with Crippen molar-refractivity contribution in [3.63, 3.8) is 0 Å². The molecule has 2 aromatic carbocycles. The van der Waals surface area contributed by atoms with Gasteiger partial charge in [-0.05, 0) is 76.1 Å². The summed E-state index contributed by atoms with van der Waals surface area (Å²) in [5, 5.41) is 3.02. The Balaban J connectivity index is 0.000000727. The number of piperidine rings is 1. The maximum atomic E-state index is 12.4. The molecule has 228 valence electrons. The molecule has 0 unspecified atom stereocenters. The molecule has 1 N–H and O–H groups in total. The Morgan fingerprint density at radius 1 is 0.951 bits per heavy atom. The van der Waals surface area contributed by atoms with Crippen LogP contribution in [0.3, 0.4) is 0 Å². The molecular formula is C36H57N3O2. The van der Waals surface area contributed by atoms with Gasteiger partial charge in [-0.15, -0.1) is 0 Å². The molecule has 0 spiro atoms. The van der Waals surface area contributed by atoms with Gasteiger partial charge in [-0.2, -0.15) is 0 Å². The lowest BCUT2D eigenvalue weighted by Crippen LogP contribution is -2.44. The van der Waals surface area contributed by atoms with Crippen LogP contribution in [0.25, 0.3) is 0 Å². The molecule has 1 aliphatic rings. The Hall–Kier alpha value is -3.34.